The first-order chi connectivity index (χ1) is 12.0. The zero-order chi connectivity index (χ0) is 17.8. The molecule has 1 saturated carbocycles. The van der Waals surface area contributed by atoms with Gasteiger partial charge in [0.1, 0.15) is 0 Å². The molecule has 5 nitrogen and oxygen atoms in total. The summed E-state index contributed by atoms with van der Waals surface area (Å²) in [5, 5.41) is 13.3. The molecule has 1 aromatic rings. The number of hydrogen-bond acceptors (Lipinski definition) is 3. The van der Waals surface area contributed by atoms with E-state index >= 15 is 0 Å². The fraction of sp³-hybridized carbons (Fsp3) is 0.579. The summed E-state index contributed by atoms with van der Waals surface area (Å²) in [7, 11) is 0. The smallest absolute Gasteiger partial charge is 0.225 e. The maximum Gasteiger partial charge on any atom is 0.225 e. The van der Waals surface area contributed by atoms with Gasteiger partial charge >= 0.3 is 0 Å². The number of hydrogen-bond donors (Lipinski definition) is 2. The molecule has 2 aliphatic rings. The number of halogens is 1. The van der Waals surface area contributed by atoms with Crippen molar-refractivity contribution >= 4 is 23.4 Å². The molecule has 25 heavy (non-hydrogen) atoms. The molecule has 1 aliphatic heterocycles. The number of nitrogens with zero attached hydrogens (tertiary/aromatic N) is 1. The molecule has 1 aromatic carbocycles. The summed E-state index contributed by atoms with van der Waals surface area (Å²) >= 11 is 5.90. The van der Waals surface area contributed by atoms with E-state index in [1.807, 2.05) is 24.3 Å². The van der Waals surface area contributed by atoms with Crippen molar-refractivity contribution in [1.82, 2.24) is 10.2 Å². The molecule has 1 atom stereocenters. The fourth-order valence-electron chi connectivity index (χ4n) is 3.63. The molecule has 0 spiro atoms. The van der Waals surface area contributed by atoms with E-state index in [0.717, 1.165) is 31.2 Å². The number of likely N-dealkylation sites (tertiary alicyclic amines) is 1. The van der Waals surface area contributed by atoms with Crippen molar-refractivity contribution in [3.63, 3.8) is 0 Å². The Hall–Kier alpha value is -1.59. The van der Waals surface area contributed by atoms with Crippen molar-refractivity contribution in [3.05, 3.63) is 34.9 Å². The Labute approximate surface area is 153 Å². The Bertz CT molecular complexity index is 612. The molecule has 0 unspecified atom stereocenters. The predicted octanol–water partition coefficient (Wildman–Crippen LogP) is 2.50. The van der Waals surface area contributed by atoms with E-state index in [4.69, 9.17) is 11.6 Å². The van der Waals surface area contributed by atoms with Gasteiger partial charge in [0, 0.05) is 30.6 Å². The number of nitrogens with one attached hydrogen (secondary N) is 1. The molecule has 136 valence electrons. The average Bonchev–Trinajstić information content (AvgIpc) is 2.60. The van der Waals surface area contributed by atoms with Crippen molar-refractivity contribution in [3.8, 4) is 0 Å². The zero-order valence-corrected chi connectivity index (χ0v) is 15.0. The van der Waals surface area contributed by atoms with Gasteiger partial charge in [-0.25, -0.2) is 0 Å². The van der Waals surface area contributed by atoms with Crippen molar-refractivity contribution < 1.29 is 14.7 Å². The summed E-state index contributed by atoms with van der Waals surface area (Å²) in [5.41, 5.74) is 1.01. The van der Waals surface area contributed by atoms with E-state index in [1.54, 1.807) is 4.90 Å². The molecule has 3 rings (SSSR count). The van der Waals surface area contributed by atoms with Crippen molar-refractivity contribution in [1.29, 1.82) is 0 Å². The van der Waals surface area contributed by atoms with Gasteiger partial charge in [-0.05, 0) is 49.8 Å². The highest BCUT2D eigenvalue weighted by molar-refractivity contribution is 6.30. The lowest BCUT2D eigenvalue weighted by molar-refractivity contribution is -0.139. The minimum Gasteiger partial charge on any atom is -0.393 e. The largest absolute Gasteiger partial charge is 0.393 e. The van der Waals surface area contributed by atoms with Crippen LogP contribution in [0.4, 0.5) is 0 Å². The van der Waals surface area contributed by atoms with Gasteiger partial charge in [-0.2, -0.15) is 0 Å². The van der Waals surface area contributed by atoms with Gasteiger partial charge in [0.15, 0.2) is 0 Å². The van der Waals surface area contributed by atoms with Gasteiger partial charge in [-0.15, -0.1) is 0 Å². The van der Waals surface area contributed by atoms with E-state index in [0.29, 0.717) is 31.0 Å². The lowest BCUT2D eigenvalue weighted by Gasteiger charge is -2.34. The van der Waals surface area contributed by atoms with Crippen LogP contribution in [0.25, 0.3) is 0 Å². The van der Waals surface area contributed by atoms with Crippen molar-refractivity contribution in [2.75, 3.05) is 6.54 Å². The van der Waals surface area contributed by atoms with Gasteiger partial charge in [-0.3, -0.25) is 9.59 Å². The molecule has 0 radical (unpaired) electrons. The standard InChI is InChI=1S/C19H25ClN2O3/c20-15-4-1-13(2-5-15)11-22-12-14(3-10-18(22)24)19(25)21-16-6-8-17(23)9-7-16/h1-2,4-5,14,16-17,23H,3,6-12H2,(H,21,25)/t14-,16?,17?/m0/s1. The van der Waals surface area contributed by atoms with Crippen molar-refractivity contribution in [2.45, 2.75) is 57.2 Å². The van der Waals surface area contributed by atoms with Crippen LogP contribution < -0.4 is 5.32 Å². The van der Waals surface area contributed by atoms with Crippen LogP contribution in [0.2, 0.25) is 5.02 Å². The van der Waals surface area contributed by atoms with Gasteiger partial charge < -0.3 is 15.3 Å². The maximum atomic E-state index is 12.6. The number of amides is 2. The van der Waals surface area contributed by atoms with E-state index in [1.165, 1.54) is 0 Å². The highest BCUT2D eigenvalue weighted by atomic mass is 35.5. The molecule has 1 saturated heterocycles. The minimum atomic E-state index is -0.227. The summed E-state index contributed by atoms with van der Waals surface area (Å²) in [6, 6.07) is 7.59. The summed E-state index contributed by atoms with van der Waals surface area (Å²) in [6.07, 6.45) is 3.94. The molecule has 0 bridgehead atoms. The summed E-state index contributed by atoms with van der Waals surface area (Å²) < 4.78 is 0. The van der Waals surface area contributed by atoms with E-state index < -0.39 is 0 Å². The van der Waals surface area contributed by atoms with E-state index in [9.17, 15) is 14.7 Å². The number of carbonyl (C=O) groups excluding carboxylic acids is 2. The molecular formula is C19H25ClN2O3. The third kappa shape index (κ3) is 4.95. The van der Waals surface area contributed by atoms with Gasteiger partial charge in [0.05, 0.1) is 12.0 Å². The van der Waals surface area contributed by atoms with Crippen LogP contribution in [0.3, 0.4) is 0 Å². The molecule has 1 aliphatic carbocycles. The quantitative estimate of drug-likeness (QED) is 0.862. The van der Waals surface area contributed by atoms with Crippen LogP contribution in [0.15, 0.2) is 24.3 Å². The second-order valence-corrected chi connectivity index (χ2v) is 7.59. The molecule has 2 amide bonds. The molecule has 2 N–H and O–H groups in total. The van der Waals surface area contributed by atoms with Crippen LogP contribution in [0, 0.1) is 5.92 Å². The Kier molecular flexibility index (Phi) is 5.97. The van der Waals surface area contributed by atoms with Gasteiger partial charge in [0.2, 0.25) is 11.8 Å². The number of aliphatic hydroxyl groups is 1. The normalized spacial score (nSPS) is 27.2. The topological polar surface area (TPSA) is 69.6 Å². The molecule has 6 heteroatoms. The molecule has 1 heterocycles. The zero-order valence-electron chi connectivity index (χ0n) is 14.3. The third-order valence-electron chi connectivity index (χ3n) is 5.20. The van der Waals surface area contributed by atoms with Crippen molar-refractivity contribution in [2.24, 2.45) is 5.92 Å². The lowest BCUT2D eigenvalue weighted by atomic mass is 9.91. The lowest BCUT2D eigenvalue weighted by Crippen LogP contribution is -2.48. The van der Waals surface area contributed by atoms with Crippen LogP contribution in [0.1, 0.15) is 44.1 Å². The van der Waals surface area contributed by atoms with E-state index in [-0.39, 0.29) is 29.9 Å². The average molecular weight is 365 g/mol. The second kappa shape index (κ2) is 8.19. The number of carbonyl (C=O) groups is 2. The monoisotopic (exact) mass is 364 g/mol. The molecule has 0 aromatic heterocycles. The third-order valence-corrected chi connectivity index (χ3v) is 5.45. The number of benzene rings is 1. The number of rotatable bonds is 4. The fourth-order valence-corrected chi connectivity index (χ4v) is 3.76. The summed E-state index contributed by atoms with van der Waals surface area (Å²) in [6.45, 7) is 0.970. The Morgan fingerprint density at radius 2 is 1.84 bits per heavy atom. The first-order valence-electron chi connectivity index (χ1n) is 9.02. The van der Waals surface area contributed by atoms with Gasteiger partial charge in [0.25, 0.3) is 0 Å². The second-order valence-electron chi connectivity index (χ2n) is 7.15. The van der Waals surface area contributed by atoms with Crippen LogP contribution in [-0.4, -0.2) is 40.5 Å². The number of piperidine rings is 1. The van der Waals surface area contributed by atoms with Crippen LogP contribution >= 0.6 is 11.6 Å². The molecule has 2 fully saturated rings. The Balaban J connectivity index is 1.55. The highest BCUT2D eigenvalue weighted by Crippen LogP contribution is 2.23. The maximum absolute atomic E-state index is 12.6. The summed E-state index contributed by atoms with van der Waals surface area (Å²) in [5.74, 6) is -0.0216. The SMILES string of the molecule is O=C(NC1CCC(O)CC1)[C@H]1CCC(=O)N(Cc2ccc(Cl)cc2)C1. The van der Waals surface area contributed by atoms with E-state index in [2.05, 4.69) is 5.32 Å². The molecular weight excluding hydrogens is 340 g/mol. The Morgan fingerprint density at radius 1 is 1.16 bits per heavy atom. The summed E-state index contributed by atoms with van der Waals surface area (Å²) in [4.78, 5) is 26.5. The highest BCUT2D eigenvalue weighted by Gasteiger charge is 2.31. The first-order valence-corrected chi connectivity index (χ1v) is 9.39. The van der Waals surface area contributed by atoms with Crippen LogP contribution in [-0.2, 0) is 16.1 Å². The minimum absolute atomic E-state index is 0.0370. The number of aliphatic hydroxyl groups excluding tert-OH is 1. The van der Waals surface area contributed by atoms with Gasteiger partial charge in [-0.1, -0.05) is 23.7 Å². The first kappa shape index (κ1) is 18.2. The Morgan fingerprint density at radius 3 is 2.52 bits per heavy atom. The predicted molar refractivity (Wildman–Crippen MR) is 96.0 cm³/mol. The van der Waals surface area contributed by atoms with Crippen LogP contribution in [0.5, 0.6) is 0 Å².